The van der Waals surface area contributed by atoms with Crippen LogP contribution < -0.4 is 15.5 Å². The van der Waals surface area contributed by atoms with Crippen LogP contribution in [0.1, 0.15) is 15.9 Å². The second-order valence-electron chi connectivity index (χ2n) is 6.58. The Hall–Kier alpha value is -3.32. The van der Waals surface area contributed by atoms with Crippen LogP contribution in [-0.2, 0) is 6.54 Å². The summed E-state index contributed by atoms with van der Waals surface area (Å²) in [7, 11) is 1.72. The maximum atomic E-state index is 13.0. The molecule has 0 bridgehead atoms. The molecule has 0 unspecified atom stereocenters. The molecule has 3 aromatic carbocycles. The van der Waals surface area contributed by atoms with Gasteiger partial charge in [0.15, 0.2) is 0 Å². The molecule has 0 saturated carbocycles. The number of amides is 3. The Morgan fingerprint density at radius 1 is 1.03 bits per heavy atom. The van der Waals surface area contributed by atoms with E-state index in [1.807, 2.05) is 30.3 Å². The minimum absolute atomic E-state index is 0.0928. The van der Waals surface area contributed by atoms with Crippen LogP contribution in [-0.4, -0.2) is 19.0 Å². The highest BCUT2D eigenvalue weighted by Crippen LogP contribution is 2.41. The van der Waals surface area contributed by atoms with E-state index in [-0.39, 0.29) is 24.3 Å². The van der Waals surface area contributed by atoms with Crippen molar-refractivity contribution in [2.45, 2.75) is 16.3 Å². The predicted molar refractivity (Wildman–Crippen MR) is 112 cm³/mol. The molecule has 0 radical (unpaired) electrons. The zero-order valence-corrected chi connectivity index (χ0v) is 16.4. The number of carbonyl (C=O) groups is 2. The first-order chi connectivity index (χ1) is 14.0. The number of hydrogen-bond donors (Lipinski definition) is 2. The van der Waals surface area contributed by atoms with E-state index in [0.717, 1.165) is 21.0 Å². The van der Waals surface area contributed by atoms with Gasteiger partial charge in [0.1, 0.15) is 5.82 Å². The highest BCUT2D eigenvalue weighted by molar-refractivity contribution is 7.99. The minimum Gasteiger partial charge on any atom is -0.334 e. The Kier molecular flexibility index (Phi) is 5.22. The second-order valence-corrected chi connectivity index (χ2v) is 7.66. The van der Waals surface area contributed by atoms with Gasteiger partial charge in [0.2, 0.25) is 0 Å². The minimum atomic E-state index is -0.382. The fourth-order valence-electron chi connectivity index (χ4n) is 3.04. The molecule has 3 amide bonds. The number of nitrogens with one attached hydrogen (secondary N) is 2. The summed E-state index contributed by atoms with van der Waals surface area (Å²) >= 11 is 1.53. The Labute approximate surface area is 171 Å². The molecule has 1 aliphatic rings. The van der Waals surface area contributed by atoms with Gasteiger partial charge in [0.05, 0.1) is 11.3 Å². The zero-order valence-electron chi connectivity index (χ0n) is 15.6. The van der Waals surface area contributed by atoms with Gasteiger partial charge in [-0.2, -0.15) is 0 Å². The first-order valence-electron chi connectivity index (χ1n) is 8.99. The van der Waals surface area contributed by atoms with Gasteiger partial charge >= 0.3 is 6.03 Å². The molecule has 5 nitrogen and oxygen atoms in total. The lowest BCUT2D eigenvalue weighted by Gasteiger charge is -2.18. The fourth-order valence-corrected chi connectivity index (χ4v) is 4.13. The van der Waals surface area contributed by atoms with E-state index in [9.17, 15) is 14.0 Å². The van der Waals surface area contributed by atoms with E-state index in [1.165, 1.54) is 23.9 Å². The number of urea groups is 1. The molecule has 7 heteroatoms. The van der Waals surface area contributed by atoms with Gasteiger partial charge in [-0.25, -0.2) is 9.18 Å². The molecule has 0 aliphatic carbocycles. The first-order valence-corrected chi connectivity index (χ1v) is 9.81. The number of hydrogen-bond acceptors (Lipinski definition) is 3. The van der Waals surface area contributed by atoms with Crippen molar-refractivity contribution in [2.75, 3.05) is 17.3 Å². The van der Waals surface area contributed by atoms with Crippen molar-refractivity contribution in [1.82, 2.24) is 5.32 Å². The molecular formula is C22H18FN3O2S. The van der Waals surface area contributed by atoms with Gasteiger partial charge < -0.3 is 15.5 Å². The maximum absolute atomic E-state index is 13.0. The Morgan fingerprint density at radius 3 is 2.59 bits per heavy atom. The van der Waals surface area contributed by atoms with Crippen LogP contribution in [0.4, 0.5) is 20.6 Å². The summed E-state index contributed by atoms with van der Waals surface area (Å²) < 4.78 is 13.0. The SMILES string of the molecule is CN1C(=O)c2ccccc2Sc2ccc(NC(=O)NCc3ccc(F)cc3)cc21. The third kappa shape index (κ3) is 4.09. The van der Waals surface area contributed by atoms with E-state index < -0.39 is 0 Å². The molecule has 0 atom stereocenters. The zero-order chi connectivity index (χ0) is 20.4. The number of anilines is 2. The number of benzene rings is 3. The van der Waals surface area contributed by atoms with Gasteiger partial charge in [-0.15, -0.1) is 0 Å². The lowest BCUT2D eigenvalue weighted by molar-refractivity contribution is 0.0990. The summed E-state index contributed by atoms with van der Waals surface area (Å²) in [6, 6.07) is 18.5. The summed E-state index contributed by atoms with van der Waals surface area (Å²) in [6.07, 6.45) is 0. The Balaban J connectivity index is 1.49. The summed E-state index contributed by atoms with van der Waals surface area (Å²) in [5, 5.41) is 5.51. The normalized spacial score (nSPS) is 12.6. The summed E-state index contributed by atoms with van der Waals surface area (Å²) in [4.78, 5) is 28.5. The summed E-state index contributed by atoms with van der Waals surface area (Å²) in [5.41, 5.74) is 2.75. The average molecular weight is 407 g/mol. The van der Waals surface area contributed by atoms with E-state index in [4.69, 9.17) is 0 Å². The van der Waals surface area contributed by atoms with Gasteiger partial charge in [-0.3, -0.25) is 4.79 Å². The van der Waals surface area contributed by atoms with E-state index in [1.54, 1.807) is 36.2 Å². The smallest absolute Gasteiger partial charge is 0.319 e. The number of rotatable bonds is 3. The van der Waals surface area contributed by atoms with Crippen LogP contribution in [0.25, 0.3) is 0 Å². The summed E-state index contributed by atoms with van der Waals surface area (Å²) in [5.74, 6) is -0.411. The third-order valence-electron chi connectivity index (χ3n) is 4.59. The molecule has 0 saturated heterocycles. The molecule has 0 spiro atoms. The van der Waals surface area contributed by atoms with Crippen LogP contribution in [0.3, 0.4) is 0 Å². The Morgan fingerprint density at radius 2 is 1.79 bits per heavy atom. The fraction of sp³-hybridized carbons (Fsp3) is 0.0909. The molecule has 0 aromatic heterocycles. The van der Waals surface area contributed by atoms with Gasteiger partial charge in [-0.1, -0.05) is 36.0 Å². The second kappa shape index (κ2) is 7.97. The van der Waals surface area contributed by atoms with Crippen LogP contribution in [0.5, 0.6) is 0 Å². The van der Waals surface area contributed by atoms with E-state index >= 15 is 0 Å². The van der Waals surface area contributed by atoms with Crippen molar-refractivity contribution in [3.05, 3.63) is 83.7 Å². The lowest BCUT2D eigenvalue weighted by atomic mass is 10.2. The summed E-state index contributed by atoms with van der Waals surface area (Å²) in [6.45, 7) is 0.278. The van der Waals surface area contributed by atoms with Crippen molar-refractivity contribution >= 4 is 35.1 Å². The number of halogens is 1. The highest BCUT2D eigenvalue weighted by atomic mass is 32.2. The number of carbonyl (C=O) groups excluding carboxylic acids is 2. The van der Waals surface area contributed by atoms with Gasteiger partial charge in [-0.05, 0) is 48.0 Å². The van der Waals surface area contributed by atoms with Gasteiger partial charge in [0.25, 0.3) is 5.91 Å². The number of fused-ring (bicyclic) bond motifs is 2. The molecule has 4 rings (SSSR count). The van der Waals surface area contributed by atoms with Crippen molar-refractivity contribution in [1.29, 1.82) is 0 Å². The number of nitrogens with zero attached hydrogens (tertiary/aromatic N) is 1. The molecule has 2 N–H and O–H groups in total. The van der Waals surface area contributed by atoms with E-state index in [0.29, 0.717) is 11.3 Å². The van der Waals surface area contributed by atoms with Crippen molar-refractivity contribution < 1.29 is 14.0 Å². The van der Waals surface area contributed by atoms with Crippen LogP contribution in [0, 0.1) is 5.82 Å². The van der Waals surface area contributed by atoms with Gasteiger partial charge in [0, 0.05) is 29.1 Å². The van der Waals surface area contributed by atoms with Crippen molar-refractivity contribution in [2.24, 2.45) is 0 Å². The molecule has 1 aliphatic heterocycles. The standard InChI is InChI=1S/C22H18FN3O2S/c1-26-18-12-16(25-22(28)24-13-14-6-8-15(23)9-7-14)10-11-20(18)29-19-5-3-2-4-17(19)21(26)27/h2-12H,13H2,1H3,(H2,24,25,28). The first kappa shape index (κ1) is 19.0. The average Bonchev–Trinajstić information content (AvgIpc) is 2.83. The molecule has 29 heavy (non-hydrogen) atoms. The van der Waals surface area contributed by atoms with E-state index in [2.05, 4.69) is 10.6 Å². The molecule has 1 heterocycles. The van der Waals surface area contributed by atoms with Crippen molar-refractivity contribution in [3.8, 4) is 0 Å². The van der Waals surface area contributed by atoms with Crippen LogP contribution >= 0.6 is 11.8 Å². The van der Waals surface area contributed by atoms with Crippen molar-refractivity contribution in [3.63, 3.8) is 0 Å². The third-order valence-corrected chi connectivity index (χ3v) is 5.73. The largest absolute Gasteiger partial charge is 0.334 e. The molecule has 0 fully saturated rings. The van der Waals surface area contributed by atoms with Crippen LogP contribution in [0.15, 0.2) is 76.5 Å². The quantitative estimate of drug-likeness (QED) is 0.650. The lowest BCUT2D eigenvalue weighted by Crippen LogP contribution is -2.29. The monoisotopic (exact) mass is 407 g/mol. The maximum Gasteiger partial charge on any atom is 0.319 e. The molecular weight excluding hydrogens is 389 g/mol. The van der Waals surface area contributed by atoms with Crippen LogP contribution in [0.2, 0.25) is 0 Å². The highest BCUT2D eigenvalue weighted by Gasteiger charge is 2.24. The topological polar surface area (TPSA) is 61.4 Å². The predicted octanol–water partition coefficient (Wildman–Crippen LogP) is 4.89. The molecule has 3 aromatic rings. The molecule has 146 valence electrons. The Bertz CT molecular complexity index is 1090.